The van der Waals surface area contributed by atoms with E-state index < -0.39 is 57.5 Å². The van der Waals surface area contributed by atoms with E-state index in [0.29, 0.717) is 64.4 Å². The van der Waals surface area contributed by atoms with Crippen molar-refractivity contribution in [1.82, 2.24) is 46.1 Å². The first-order valence-corrected chi connectivity index (χ1v) is 26.5. The maximum atomic E-state index is 15.0. The lowest BCUT2D eigenvalue weighted by Crippen LogP contribution is -2.43. The second kappa shape index (κ2) is 25.1. The van der Waals surface area contributed by atoms with Gasteiger partial charge in [-0.1, -0.05) is 52.0 Å². The van der Waals surface area contributed by atoms with Gasteiger partial charge < -0.3 is 31.5 Å². The first kappa shape index (κ1) is 55.9. The Labute approximate surface area is 440 Å². The van der Waals surface area contributed by atoms with Crippen LogP contribution in [0.25, 0.3) is 22.5 Å². The van der Waals surface area contributed by atoms with Gasteiger partial charge in [0.15, 0.2) is 11.6 Å². The summed E-state index contributed by atoms with van der Waals surface area (Å²) in [6.07, 6.45) is 3.76. The Morgan fingerprint density at radius 2 is 1.09 bits per heavy atom. The maximum Gasteiger partial charge on any atom is 0.328 e. The van der Waals surface area contributed by atoms with Crippen LogP contribution in [0.4, 0.5) is 56.1 Å². The van der Waals surface area contributed by atoms with Crippen molar-refractivity contribution < 1.29 is 40.9 Å². The summed E-state index contributed by atoms with van der Waals surface area (Å²) < 4.78 is 71.7. The quantitative estimate of drug-likeness (QED) is 0.0311. The van der Waals surface area contributed by atoms with Gasteiger partial charge in [0, 0.05) is 59.3 Å². The third-order valence-electron chi connectivity index (χ3n) is 12.6. The molecule has 2 aromatic heterocycles. The fourth-order valence-electron chi connectivity index (χ4n) is 8.53. The molecule has 0 saturated heterocycles. The fraction of sp³-hybridized carbons (Fsp3) is 0.333. The number of amides is 6. The molecule has 0 aliphatic carbocycles. The third-order valence-corrected chi connectivity index (χ3v) is 13.3. The molecule has 17 nitrogen and oxygen atoms in total. The molecule has 4 heterocycles. The summed E-state index contributed by atoms with van der Waals surface area (Å²) in [5.74, 6) is -3.97. The number of rotatable bonds is 18. The van der Waals surface area contributed by atoms with E-state index in [2.05, 4.69) is 60.3 Å². The number of halogens is 4. The van der Waals surface area contributed by atoms with E-state index in [4.69, 9.17) is 4.98 Å². The van der Waals surface area contributed by atoms with Crippen LogP contribution in [0.2, 0.25) is 0 Å². The van der Waals surface area contributed by atoms with Crippen molar-refractivity contribution in [1.29, 1.82) is 0 Å². The van der Waals surface area contributed by atoms with Crippen LogP contribution in [-0.2, 0) is 23.9 Å². The fourth-order valence-corrected chi connectivity index (χ4v) is 8.97. The lowest BCUT2D eigenvalue weighted by molar-refractivity contribution is 0.0945. The van der Waals surface area contributed by atoms with Gasteiger partial charge in [-0.3, -0.25) is 13.8 Å². The zero-order chi connectivity index (χ0) is 54.8. The summed E-state index contributed by atoms with van der Waals surface area (Å²) in [6, 6.07) is 15.6. The summed E-state index contributed by atoms with van der Waals surface area (Å²) in [5.41, 5.74) is 4.15. The summed E-state index contributed by atoms with van der Waals surface area (Å²) in [4.78, 5) is 73.4. The lowest BCUT2D eigenvalue weighted by atomic mass is 9.97. The average Bonchev–Trinajstić information content (AvgIpc) is 3.40. The molecular formula is C54H60F4N12O5S. The van der Waals surface area contributed by atoms with E-state index in [9.17, 15) is 40.9 Å². The van der Waals surface area contributed by atoms with Crippen LogP contribution in [0.1, 0.15) is 89.9 Å². The molecule has 8 rings (SSSR count). The van der Waals surface area contributed by atoms with Crippen molar-refractivity contribution in [2.24, 2.45) is 0 Å². The topological polar surface area (TPSA) is 207 Å². The number of carbonyl (C=O) groups excluding carboxylic acids is 4. The predicted octanol–water partition coefficient (Wildman–Crippen LogP) is 9.34. The standard InChI is InChI=1S/C30H37F2N7O2.C24H23F2N5O3S/c1-5-14-33-28(40)20-13-12-19(4)21(17-20)25-22-18-35-30(41)39(26-23(31)10-8-11-24(26)32)27(22)37-29(36-25)34-15-9-16-38(6-2)7-3;1-4-10-27-22(32)14-9-8-13(2)15(11-14)19-16-12-28-24(33)31(20-17(25)6-5-7-18(20)26)21(16)30-23(29-19)35(3)34/h8,10-13,17H,5-7,9,14-16,18H2,1-4H3,(H,33,40)(H,35,41)(H,34,36,37);5-9,11H,4,10,12H2,1-3H3,(H,27,32)(H,28,33). The molecule has 6 amide bonds. The Bertz CT molecular complexity index is 3160. The van der Waals surface area contributed by atoms with Gasteiger partial charge in [-0.2, -0.15) is 4.98 Å². The molecule has 6 aromatic rings. The number of nitrogens with one attached hydrogen (secondary N) is 5. The average molecular weight is 1070 g/mol. The Kier molecular flexibility index (Phi) is 18.5. The number of hydrogen-bond acceptors (Lipinski definition) is 11. The highest BCUT2D eigenvalue weighted by atomic mass is 32.2. The van der Waals surface area contributed by atoms with Crippen molar-refractivity contribution in [2.45, 2.75) is 79.1 Å². The van der Waals surface area contributed by atoms with Crippen LogP contribution in [-0.4, -0.2) is 98.4 Å². The number of carbonyl (C=O) groups is 4. The van der Waals surface area contributed by atoms with Crippen LogP contribution >= 0.6 is 0 Å². The molecule has 0 radical (unpaired) electrons. The summed E-state index contributed by atoms with van der Waals surface area (Å²) in [5, 5.41) is 14.1. The highest BCUT2D eigenvalue weighted by molar-refractivity contribution is 7.84. The molecule has 22 heteroatoms. The van der Waals surface area contributed by atoms with Gasteiger partial charge in [0.25, 0.3) is 11.8 Å². The number of para-hydroxylation sites is 2. The van der Waals surface area contributed by atoms with Gasteiger partial charge in [-0.15, -0.1) is 0 Å². The van der Waals surface area contributed by atoms with Crippen molar-refractivity contribution in [2.75, 3.05) is 60.6 Å². The Balaban J connectivity index is 0.000000224. The third kappa shape index (κ3) is 12.3. The van der Waals surface area contributed by atoms with E-state index in [-0.39, 0.29) is 47.6 Å². The van der Waals surface area contributed by atoms with Gasteiger partial charge in [0.1, 0.15) is 34.6 Å². The van der Waals surface area contributed by atoms with E-state index in [0.717, 1.165) is 84.1 Å². The molecule has 2 aliphatic heterocycles. The van der Waals surface area contributed by atoms with Crippen molar-refractivity contribution in [3.05, 3.63) is 129 Å². The van der Waals surface area contributed by atoms with Crippen LogP contribution in [0.5, 0.6) is 0 Å². The molecule has 2 aliphatic rings. The van der Waals surface area contributed by atoms with Gasteiger partial charge in [0.05, 0.1) is 35.3 Å². The number of hydrogen-bond donors (Lipinski definition) is 5. The van der Waals surface area contributed by atoms with E-state index >= 15 is 0 Å². The molecule has 0 fully saturated rings. The lowest BCUT2D eigenvalue weighted by Gasteiger charge is -2.31. The first-order valence-electron chi connectivity index (χ1n) is 24.9. The largest absolute Gasteiger partial charge is 0.354 e. The molecule has 1 atom stereocenters. The minimum Gasteiger partial charge on any atom is -0.354 e. The van der Waals surface area contributed by atoms with E-state index in [1.807, 2.05) is 33.8 Å². The smallest absolute Gasteiger partial charge is 0.328 e. The zero-order valence-electron chi connectivity index (χ0n) is 43.3. The Morgan fingerprint density at radius 3 is 1.53 bits per heavy atom. The predicted molar refractivity (Wildman–Crippen MR) is 284 cm³/mol. The van der Waals surface area contributed by atoms with Crippen LogP contribution in [0.3, 0.4) is 0 Å². The second-order valence-corrected chi connectivity index (χ2v) is 19.1. The van der Waals surface area contributed by atoms with Gasteiger partial charge in [-0.05, 0) is 112 Å². The molecule has 0 bridgehead atoms. The minimum absolute atomic E-state index is 0.0294. The Hall–Kier alpha value is -7.85. The first-order chi connectivity index (χ1) is 36.5. The molecule has 400 valence electrons. The van der Waals surface area contributed by atoms with Crippen LogP contribution in [0.15, 0.2) is 78.0 Å². The van der Waals surface area contributed by atoms with Crippen LogP contribution < -0.4 is 36.4 Å². The van der Waals surface area contributed by atoms with Gasteiger partial charge in [-0.25, -0.2) is 51.9 Å². The molecule has 0 spiro atoms. The van der Waals surface area contributed by atoms with Crippen molar-refractivity contribution >= 4 is 63.6 Å². The van der Waals surface area contributed by atoms with E-state index in [1.165, 1.54) is 18.4 Å². The van der Waals surface area contributed by atoms with Crippen LogP contribution in [0, 0.1) is 37.1 Å². The van der Waals surface area contributed by atoms with Gasteiger partial charge in [0.2, 0.25) is 11.1 Å². The number of benzene rings is 4. The van der Waals surface area contributed by atoms with Crippen molar-refractivity contribution in [3.8, 4) is 22.5 Å². The number of anilines is 5. The monoisotopic (exact) mass is 1060 g/mol. The number of aromatic nitrogens is 4. The number of aryl methyl sites for hydroxylation is 2. The summed E-state index contributed by atoms with van der Waals surface area (Å²) >= 11 is 0. The van der Waals surface area contributed by atoms with E-state index in [1.54, 1.807) is 30.3 Å². The molecule has 76 heavy (non-hydrogen) atoms. The second-order valence-electron chi connectivity index (χ2n) is 17.8. The highest BCUT2D eigenvalue weighted by Crippen LogP contribution is 2.41. The number of urea groups is 2. The SMILES string of the molecule is CCCNC(=O)c1ccc(C)c(-c2nc(NCCCN(CC)CC)nc3c2CNC(=O)N3c2c(F)cccc2F)c1.CCCNC(=O)c1ccc(C)c(-c2nc(S(C)=O)nc3c2CNC(=O)N3c2c(F)cccc2F)c1. The maximum absolute atomic E-state index is 15.0. The van der Waals surface area contributed by atoms with Gasteiger partial charge >= 0.3 is 12.1 Å². The Morgan fingerprint density at radius 1 is 0.645 bits per heavy atom. The normalized spacial score (nSPS) is 13.2. The molecule has 1 unspecified atom stereocenters. The zero-order valence-corrected chi connectivity index (χ0v) is 44.1. The highest BCUT2D eigenvalue weighted by Gasteiger charge is 2.36. The minimum atomic E-state index is -1.68. The molecule has 4 aromatic carbocycles. The molecule has 0 saturated carbocycles. The molecular weight excluding hydrogens is 1000 g/mol. The number of fused-ring (bicyclic) bond motifs is 2. The van der Waals surface area contributed by atoms with Crippen molar-refractivity contribution in [3.63, 3.8) is 0 Å². The molecule has 5 N–H and O–H groups in total. The summed E-state index contributed by atoms with van der Waals surface area (Å²) in [6.45, 7) is 16.2. The number of nitrogens with zero attached hydrogens (tertiary/aromatic N) is 7. The summed E-state index contributed by atoms with van der Waals surface area (Å²) in [7, 11) is -1.68.